The van der Waals surface area contributed by atoms with Gasteiger partial charge in [-0.15, -0.1) is 0 Å². The SMILES string of the molecule is c1cc(CNC2C3C4CCC(C4)C23)ccn1. The molecular formula is C14H18N2. The maximum Gasteiger partial charge on any atom is 0.0271 e. The summed E-state index contributed by atoms with van der Waals surface area (Å²) in [6.07, 6.45) is 8.34. The third-order valence-corrected chi connectivity index (χ3v) is 5.03. The molecule has 0 amide bonds. The highest BCUT2D eigenvalue weighted by Gasteiger charge is 2.64. The summed E-state index contributed by atoms with van der Waals surface area (Å²) in [6.45, 7) is 1.03. The Kier molecular flexibility index (Phi) is 1.89. The van der Waals surface area contributed by atoms with Gasteiger partial charge in [-0.05, 0) is 60.6 Å². The highest BCUT2D eigenvalue weighted by Crippen LogP contribution is 2.65. The van der Waals surface area contributed by atoms with Gasteiger partial charge in [0.1, 0.15) is 0 Å². The van der Waals surface area contributed by atoms with Gasteiger partial charge in [0.25, 0.3) is 0 Å². The quantitative estimate of drug-likeness (QED) is 0.834. The average molecular weight is 214 g/mol. The van der Waals surface area contributed by atoms with Gasteiger partial charge >= 0.3 is 0 Å². The van der Waals surface area contributed by atoms with Crippen molar-refractivity contribution in [1.29, 1.82) is 0 Å². The molecule has 0 aliphatic heterocycles. The van der Waals surface area contributed by atoms with Crippen LogP contribution >= 0.6 is 0 Å². The second-order valence-corrected chi connectivity index (χ2v) is 5.75. The standard InChI is InChI=1S/C14H18N2/c1-2-11-7-10(1)12-13(11)14(12)16-8-9-3-5-15-6-4-9/h3-6,10-14,16H,1-2,7-8H2. The van der Waals surface area contributed by atoms with Crippen LogP contribution in [0.25, 0.3) is 0 Å². The van der Waals surface area contributed by atoms with E-state index >= 15 is 0 Å². The summed E-state index contributed by atoms with van der Waals surface area (Å²) in [5, 5.41) is 3.75. The van der Waals surface area contributed by atoms with Crippen LogP contribution in [0, 0.1) is 23.7 Å². The molecule has 1 heterocycles. The molecule has 1 aromatic rings. The Hall–Kier alpha value is -0.890. The Morgan fingerprint density at radius 1 is 1.12 bits per heavy atom. The molecule has 2 heteroatoms. The van der Waals surface area contributed by atoms with E-state index in [1.807, 2.05) is 12.4 Å². The van der Waals surface area contributed by atoms with Crippen molar-refractivity contribution in [2.45, 2.75) is 31.8 Å². The van der Waals surface area contributed by atoms with Crippen LogP contribution in [0.15, 0.2) is 24.5 Å². The van der Waals surface area contributed by atoms with E-state index in [2.05, 4.69) is 22.4 Å². The zero-order valence-corrected chi connectivity index (χ0v) is 9.47. The molecule has 84 valence electrons. The Balaban J connectivity index is 1.38. The summed E-state index contributed by atoms with van der Waals surface area (Å²) >= 11 is 0. The van der Waals surface area contributed by atoms with Gasteiger partial charge in [-0.3, -0.25) is 4.98 Å². The molecule has 3 aliphatic carbocycles. The normalized spacial score (nSPS) is 43.4. The van der Waals surface area contributed by atoms with Crippen molar-refractivity contribution in [3.8, 4) is 0 Å². The molecule has 4 unspecified atom stereocenters. The van der Waals surface area contributed by atoms with Gasteiger partial charge < -0.3 is 5.32 Å². The first-order chi connectivity index (χ1) is 7.93. The molecule has 4 atom stereocenters. The van der Waals surface area contributed by atoms with Crippen LogP contribution in [0.4, 0.5) is 0 Å². The van der Waals surface area contributed by atoms with Crippen LogP contribution in [0.2, 0.25) is 0 Å². The molecule has 16 heavy (non-hydrogen) atoms. The first kappa shape index (κ1) is 9.17. The Morgan fingerprint density at radius 2 is 1.81 bits per heavy atom. The molecule has 0 spiro atoms. The molecular weight excluding hydrogens is 196 g/mol. The van der Waals surface area contributed by atoms with E-state index < -0.39 is 0 Å². The summed E-state index contributed by atoms with van der Waals surface area (Å²) in [5.74, 6) is 4.23. The van der Waals surface area contributed by atoms with Crippen LogP contribution in [0.1, 0.15) is 24.8 Å². The van der Waals surface area contributed by atoms with Gasteiger partial charge in [0.2, 0.25) is 0 Å². The first-order valence-electron chi connectivity index (χ1n) is 6.56. The molecule has 2 bridgehead atoms. The minimum absolute atomic E-state index is 0.847. The minimum atomic E-state index is 0.847. The topological polar surface area (TPSA) is 24.9 Å². The third-order valence-electron chi connectivity index (χ3n) is 5.03. The van der Waals surface area contributed by atoms with E-state index in [0.717, 1.165) is 36.3 Å². The number of nitrogens with zero attached hydrogens (tertiary/aromatic N) is 1. The largest absolute Gasteiger partial charge is 0.309 e. The second kappa shape index (κ2) is 3.30. The molecule has 3 aliphatic rings. The van der Waals surface area contributed by atoms with Crippen LogP contribution in [-0.2, 0) is 6.54 Å². The summed E-state index contributed by atoms with van der Waals surface area (Å²) < 4.78 is 0. The predicted molar refractivity (Wildman–Crippen MR) is 62.7 cm³/mol. The van der Waals surface area contributed by atoms with Crippen LogP contribution < -0.4 is 5.32 Å². The van der Waals surface area contributed by atoms with Gasteiger partial charge in [-0.25, -0.2) is 0 Å². The summed E-state index contributed by atoms with van der Waals surface area (Å²) in [6, 6.07) is 5.07. The fraction of sp³-hybridized carbons (Fsp3) is 0.643. The fourth-order valence-corrected chi connectivity index (χ4v) is 4.33. The highest BCUT2D eigenvalue weighted by atomic mass is 15.0. The predicted octanol–water partition coefficient (Wildman–Crippen LogP) is 2.22. The van der Waals surface area contributed by atoms with Crippen LogP contribution in [0.3, 0.4) is 0 Å². The molecule has 3 saturated carbocycles. The molecule has 3 fully saturated rings. The number of rotatable bonds is 3. The van der Waals surface area contributed by atoms with Crippen molar-refractivity contribution in [1.82, 2.24) is 10.3 Å². The molecule has 1 aromatic heterocycles. The van der Waals surface area contributed by atoms with E-state index in [4.69, 9.17) is 0 Å². The monoisotopic (exact) mass is 214 g/mol. The number of hydrogen-bond donors (Lipinski definition) is 1. The number of pyridine rings is 1. The Morgan fingerprint density at radius 3 is 2.50 bits per heavy atom. The summed E-state index contributed by atoms with van der Waals surface area (Å²) in [5.41, 5.74) is 1.37. The van der Waals surface area contributed by atoms with Gasteiger partial charge in [-0.1, -0.05) is 0 Å². The number of fused-ring (bicyclic) bond motifs is 5. The van der Waals surface area contributed by atoms with Crippen molar-refractivity contribution >= 4 is 0 Å². The zero-order chi connectivity index (χ0) is 10.5. The van der Waals surface area contributed by atoms with E-state index in [0.29, 0.717) is 0 Å². The van der Waals surface area contributed by atoms with Crippen LogP contribution in [-0.4, -0.2) is 11.0 Å². The number of nitrogens with one attached hydrogen (secondary N) is 1. The summed E-state index contributed by atoms with van der Waals surface area (Å²) in [7, 11) is 0. The van der Waals surface area contributed by atoms with Gasteiger partial charge in [0, 0.05) is 25.0 Å². The molecule has 0 aromatic carbocycles. The van der Waals surface area contributed by atoms with Crippen molar-refractivity contribution in [2.75, 3.05) is 0 Å². The van der Waals surface area contributed by atoms with E-state index in [1.165, 1.54) is 18.4 Å². The highest BCUT2D eigenvalue weighted by molar-refractivity contribution is 5.18. The zero-order valence-electron chi connectivity index (χ0n) is 9.47. The van der Waals surface area contributed by atoms with Crippen LogP contribution in [0.5, 0.6) is 0 Å². The first-order valence-corrected chi connectivity index (χ1v) is 6.56. The molecule has 4 rings (SSSR count). The second-order valence-electron chi connectivity index (χ2n) is 5.75. The van der Waals surface area contributed by atoms with E-state index in [1.54, 1.807) is 6.42 Å². The molecule has 0 saturated heterocycles. The van der Waals surface area contributed by atoms with E-state index in [9.17, 15) is 0 Å². The molecule has 0 radical (unpaired) electrons. The maximum absolute atomic E-state index is 4.05. The van der Waals surface area contributed by atoms with Crippen molar-refractivity contribution in [2.24, 2.45) is 23.7 Å². The van der Waals surface area contributed by atoms with E-state index in [-0.39, 0.29) is 0 Å². The van der Waals surface area contributed by atoms with Crippen molar-refractivity contribution < 1.29 is 0 Å². The molecule has 1 N–H and O–H groups in total. The smallest absolute Gasteiger partial charge is 0.0271 e. The molecule has 2 nitrogen and oxygen atoms in total. The van der Waals surface area contributed by atoms with Crippen molar-refractivity contribution in [3.05, 3.63) is 30.1 Å². The van der Waals surface area contributed by atoms with Crippen molar-refractivity contribution in [3.63, 3.8) is 0 Å². The Bertz CT molecular complexity index is 373. The summed E-state index contributed by atoms with van der Waals surface area (Å²) in [4.78, 5) is 4.05. The van der Waals surface area contributed by atoms with Gasteiger partial charge in [-0.2, -0.15) is 0 Å². The lowest BCUT2D eigenvalue weighted by Gasteiger charge is -2.10. The fourth-order valence-electron chi connectivity index (χ4n) is 4.33. The number of aromatic nitrogens is 1. The van der Waals surface area contributed by atoms with Gasteiger partial charge in [0.05, 0.1) is 0 Å². The Labute approximate surface area is 96.5 Å². The average Bonchev–Trinajstić information content (AvgIpc) is 2.72. The lowest BCUT2D eigenvalue weighted by molar-refractivity contribution is 0.456. The van der Waals surface area contributed by atoms with Gasteiger partial charge in [0.15, 0.2) is 0 Å². The minimum Gasteiger partial charge on any atom is -0.309 e. The number of hydrogen-bond acceptors (Lipinski definition) is 2. The maximum atomic E-state index is 4.05. The third kappa shape index (κ3) is 1.26. The lowest BCUT2D eigenvalue weighted by Crippen LogP contribution is -2.22. The lowest BCUT2D eigenvalue weighted by atomic mass is 10.0.